The normalized spacial score (nSPS) is 12.2. The van der Waals surface area contributed by atoms with Crippen molar-refractivity contribution < 1.29 is 9.50 Å². The van der Waals surface area contributed by atoms with Gasteiger partial charge in [-0.05, 0) is 30.7 Å². The molecule has 0 heterocycles. The van der Waals surface area contributed by atoms with Crippen molar-refractivity contribution in [3.05, 3.63) is 65.5 Å². The van der Waals surface area contributed by atoms with Gasteiger partial charge in [-0.15, -0.1) is 0 Å². The molecule has 19 heavy (non-hydrogen) atoms. The van der Waals surface area contributed by atoms with E-state index in [9.17, 15) is 9.50 Å². The fraction of sp³-hybridized carbons (Fsp3) is 0.250. The zero-order chi connectivity index (χ0) is 13.8. The molecule has 0 bridgehead atoms. The lowest BCUT2D eigenvalue weighted by molar-refractivity contribution is 0.199. The van der Waals surface area contributed by atoms with Crippen molar-refractivity contribution in [3.63, 3.8) is 0 Å². The lowest BCUT2D eigenvalue weighted by Crippen LogP contribution is -2.18. The second-order valence-corrected chi connectivity index (χ2v) is 4.72. The SMILES string of the molecule is CC(O)c1ccccc1N(C)Cc1ccc(F)cc1. The summed E-state index contributed by atoms with van der Waals surface area (Å²) in [4.78, 5) is 2.05. The third-order valence-corrected chi connectivity index (χ3v) is 3.13. The van der Waals surface area contributed by atoms with Crippen molar-refractivity contribution in [3.8, 4) is 0 Å². The fourth-order valence-electron chi connectivity index (χ4n) is 2.14. The van der Waals surface area contributed by atoms with Gasteiger partial charge in [-0.1, -0.05) is 30.3 Å². The molecule has 0 amide bonds. The number of halogens is 1. The van der Waals surface area contributed by atoms with E-state index in [-0.39, 0.29) is 5.82 Å². The number of hydrogen-bond donors (Lipinski definition) is 1. The minimum atomic E-state index is -0.508. The summed E-state index contributed by atoms with van der Waals surface area (Å²) in [7, 11) is 1.96. The largest absolute Gasteiger partial charge is 0.389 e. The summed E-state index contributed by atoms with van der Waals surface area (Å²) < 4.78 is 12.9. The van der Waals surface area contributed by atoms with Gasteiger partial charge in [0.25, 0.3) is 0 Å². The summed E-state index contributed by atoms with van der Waals surface area (Å²) in [5.74, 6) is -0.226. The van der Waals surface area contributed by atoms with Crippen LogP contribution in [0.25, 0.3) is 0 Å². The molecular formula is C16H18FNO. The molecule has 0 radical (unpaired) electrons. The van der Waals surface area contributed by atoms with Gasteiger partial charge < -0.3 is 10.0 Å². The Balaban J connectivity index is 2.20. The molecule has 1 atom stereocenters. The third-order valence-electron chi connectivity index (χ3n) is 3.13. The number of anilines is 1. The zero-order valence-corrected chi connectivity index (χ0v) is 11.2. The first-order chi connectivity index (χ1) is 9.08. The monoisotopic (exact) mass is 259 g/mol. The molecule has 1 N–H and O–H groups in total. The van der Waals surface area contributed by atoms with Crippen LogP contribution in [0.3, 0.4) is 0 Å². The van der Waals surface area contributed by atoms with E-state index < -0.39 is 6.10 Å². The molecule has 3 heteroatoms. The molecule has 100 valence electrons. The molecule has 2 aromatic rings. The molecule has 0 spiro atoms. The first-order valence-electron chi connectivity index (χ1n) is 6.30. The molecule has 0 aliphatic rings. The van der Waals surface area contributed by atoms with E-state index in [0.29, 0.717) is 6.54 Å². The first-order valence-corrected chi connectivity index (χ1v) is 6.30. The number of benzene rings is 2. The van der Waals surface area contributed by atoms with Gasteiger partial charge in [0.15, 0.2) is 0 Å². The van der Waals surface area contributed by atoms with Gasteiger partial charge in [0.1, 0.15) is 5.82 Å². The second-order valence-electron chi connectivity index (χ2n) is 4.72. The van der Waals surface area contributed by atoms with Gasteiger partial charge in [-0.25, -0.2) is 4.39 Å². The quantitative estimate of drug-likeness (QED) is 0.908. The minimum Gasteiger partial charge on any atom is -0.389 e. The topological polar surface area (TPSA) is 23.5 Å². The number of rotatable bonds is 4. The van der Waals surface area contributed by atoms with Gasteiger partial charge >= 0.3 is 0 Å². The third kappa shape index (κ3) is 3.32. The van der Waals surface area contributed by atoms with E-state index in [2.05, 4.69) is 4.90 Å². The summed E-state index contributed by atoms with van der Waals surface area (Å²) in [5.41, 5.74) is 2.92. The summed E-state index contributed by atoms with van der Waals surface area (Å²) in [6.07, 6.45) is -0.508. The highest BCUT2D eigenvalue weighted by Crippen LogP contribution is 2.26. The van der Waals surface area contributed by atoms with E-state index in [1.807, 2.05) is 31.3 Å². The van der Waals surface area contributed by atoms with E-state index in [1.54, 1.807) is 19.1 Å². The van der Waals surface area contributed by atoms with E-state index in [1.165, 1.54) is 12.1 Å². The van der Waals surface area contributed by atoms with Gasteiger partial charge in [0, 0.05) is 24.8 Å². The minimum absolute atomic E-state index is 0.226. The van der Waals surface area contributed by atoms with Crippen LogP contribution in [0.5, 0.6) is 0 Å². The lowest BCUT2D eigenvalue weighted by Gasteiger charge is -2.23. The molecule has 2 rings (SSSR count). The second kappa shape index (κ2) is 5.85. The van der Waals surface area contributed by atoms with Crippen LogP contribution < -0.4 is 4.90 Å². The van der Waals surface area contributed by atoms with Crippen LogP contribution in [-0.4, -0.2) is 12.2 Å². The standard InChI is InChI=1S/C16H18FNO/c1-12(19)15-5-3-4-6-16(15)18(2)11-13-7-9-14(17)10-8-13/h3-10,12,19H,11H2,1-2H3. The molecule has 0 aromatic heterocycles. The van der Waals surface area contributed by atoms with Gasteiger partial charge in [0.2, 0.25) is 0 Å². The molecular weight excluding hydrogens is 241 g/mol. The van der Waals surface area contributed by atoms with Crippen LogP contribution >= 0.6 is 0 Å². The maximum Gasteiger partial charge on any atom is 0.123 e. The number of aliphatic hydroxyl groups excluding tert-OH is 1. The lowest BCUT2D eigenvalue weighted by atomic mass is 10.1. The van der Waals surface area contributed by atoms with Gasteiger partial charge in [0.05, 0.1) is 6.10 Å². The number of para-hydroxylation sites is 1. The van der Waals surface area contributed by atoms with E-state index >= 15 is 0 Å². The number of aliphatic hydroxyl groups is 1. The summed E-state index contributed by atoms with van der Waals surface area (Å²) in [6.45, 7) is 2.43. The molecule has 0 saturated carbocycles. The molecule has 0 aliphatic heterocycles. The Labute approximate surface area is 113 Å². The van der Waals surface area contributed by atoms with Crippen LogP contribution in [-0.2, 0) is 6.54 Å². The van der Waals surface area contributed by atoms with Crippen molar-refractivity contribution in [1.82, 2.24) is 0 Å². The summed E-state index contributed by atoms with van der Waals surface area (Å²) >= 11 is 0. The Morgan fingerprint density at radius 2 is 1.74 bits per heavy atom. The van der Waals surface area contributed by atoms with E-state index in [0.717, 1.165) is 16.8 Å². The Morgan fingerprint density at radius 1 is 1.11 bits per heavy atom. The Kier molecular flexibility index (Phi) is 4.17. The van der Waals surface area contributed by atoms with Crippen molar-refractivity contribution in [2.45, 2.75) is 19.6 Å². The molecule has 0 aliphatic carbocycles. The molecule has 0 fully saturated rings. The van der Waals surface area contributed by atoms with Crippen LogP contribution in [0.1, 0.15) is 24.2 Å². The molecule has 0 saturated heterocycles. The highest BCUT2D eigenvalue weighted by atomic mass is 19.1. The van der Waals surface area contributed by atoms with E-state index in [4.69, 9.17) is 0 Å². The van der Waals surface area contributed by atoms with Crippen molar-refractivity contribution in [2.24, 2.45) is 0 Å². The van der Waals surface area contributed by atoms with Crippen molar-refractivity contribution in [2.75, 3.05) is 11.9 Å². The average molecular weight is 259 g/mol. The average Bonchev–Trinajstić information content (AvgIpc) is 2.41. The number of nitrogens with zero attached hydrogens (tertiary/aromatic N) is 1. The Bertz CT molecular complexity index is 537. The molecule has 2 aromatic carbocycles. The smallest absolute Gasteiger partial charge is 0.123 e. The van der Waals surface area contributed by atoms with Gasteiger partial charge in [-0.3, -0.25) is 0 Å². The highest BCUT2D eigenvalue weighted by molar-refractivity contribution is 5.54. The maximum atomic E-state index is 12.9. The number of hydrogen-bond acceptors (Lipinski definition) is 2. The zero-order valence-electron chi connectivity index (χ0n) is 11.2. The first kappa shape index (κ1) is 13.6. The van der Waals surface area contributed by atoms with Crippen LogP contribution in [0.4, 0.5) is 10.1 Å². The Hall–Kier alpha value is -1.87. The maximum absolute atomic E-state index is 12.9. The highest BCUT2D eigenvalue weighted by Gasteiger charge is 2.11. The fourth-order valence-corrected chi connectivity index (χ4v) is 2.14. The summed E-state index contributed by atoms with van der Waals surface area (Å²) in [6, 6.07) is 14.2. The van der Waals surface area contributed by atoms with Crippen LogP contribution in [0, 0.1) is 5.82 Å². The molecule has 2 nitrogen and oxygen atoms in total. The predicted octanol–water partition coefficient (Wildman–Crippen LogP) is 3.52. The van der Waals surface area contributed by atoms with Crippen LogP contribution in [0.2, 0.25) is 0 Å². The predicted molar refractivity (Wildman–Crippen MR) is 75.6 cm³/mol. The Morgan fingerprint density at radius 3 is 2.37 bits per heavy atom. The van der Waals surface area contributed by atoms with Crippen molar-refractivity contribution >= 4 is 5.69 Å². The molecule has 1 unspecified atom stereocenters. The van der Waals surface area contributed by atoms with Crippen LogP contribution in [0.15, 0.2) is 48.5 Å². The summed E-state index contributed by atoms with van der Waals surface area (Å²) in [5, 5.41) is 9.78. The van der Waals surface area contributed by atoms with Crippen molar-refractivity contribution in [1.29, 1.82) is 0 Å². The van der Waals surface area contributed by atoms with Gasteiger partial charge in [-0.2, -0.15) is 0 Å².